The number of amides is 1. The maximum atomic E-state index is 14.4. The topological polar surface area (TPSA) is 116 Å². The molecule has 1 unspecified atom stereocenters. The van der Waals surface area contributed by atoms with E-state index in [-0.39, 0.29) is 35.8 Å². The molecule has 9 nitrogen and oxygen atoms in total. The number of carboxylic acid groups (broad SMARTS) is 1. The first-order valence-electron chi connectivity index (χ1n) is 20.4. The number of nitrogens with one attached hydrogen (secondary N) is 1. The first-order valence-corrected chi connectivity index (χ1v) is 21.2. The van der Waals surface area contributed by atoms with Crippen molar-refractivity contribution in [3.8, 4) is 5.06 Å². The summed E-state index contributed by atoms with van der Waals surface area (Å²) in [4.78, 5) is 54.1. The van der Waals surface area contributed by atoms with Crippen molar-refractivity contribution in [1.82, 2.24) is 4.90 Å². The third kappa shape index (κ3) is 10.6. The first-order chi connectivity index (χ1) is 26.6. The molecule has 304 valence electrons. The van der Waals surface area contributed by atoms with Gasteiger partial charge in [0.25, 0.3) is 0 Å². The van der Waals surface area contributed by atoms with Gasteiger partial charge in [-0.2, -0.15) is 0 Å². The number of halogens is 1. The van der Waals surface area contributed by atoms with Gasteiger partial charge in [0.2, 0.25) is 5.91 Å². The van der Waals surface area contributed by atoms with Gasteiger partial charge in [0.15, 0.2) is 10.8 Å². The molecule has 56 heavy (non-hydrogen) atoms. The summed E-state index contributed by atoms with van der Waals surface area (Å²) in [5, 5.41) is 13.2. The Balaban J connectivity index is 0.000000216. The number of hydrogen-bond acceptors (Lipinski definition) is 8. The summed E-state index contributed by atoms with van der Waals surface area (Å²) in [6.45, 7) is 16.5. The van der Waals surface area contributed by atoms with Gasteiger partial charge in [0, 0.05) is 54.9 Å². The van der Waals surface area contributed by atoms with Crippen LogP contribution in [0.4, 0.5) is 15.8 Å². The minimum Gasteiger partial charge on any atom is -0.481 e. The van der Waals surface area contributed by atoms with Gasteiger partial charge in [0.1, 0.15) is 5.82 Å². The van der Waals surface area contributed by atoms with Gasteiger partial charge in [-0.3, -0.25) is 24.1 Å². The van der Waals surface area contributed by atoms with Crippen molar-refractivity contribution in [2.75, 3.05) is 29.9 Å². The first kappa shape index (κ1) is 43.0. The number of carboxylic acids is 1. The lowest BCUT2D eigenvalue weighted by molar-refractivity contribution is -0.136. The lowest BCUT2D eigenvalue weighted by Crippen LogP contribution is -2.38. The summed E-state index contributed by atoms with van der Waals surface area (Å²) in [5.41, 5.74) is 6.94. The molecule has 1 atom stereocenters. The average Bonchev–Trinajstić information content (AvgIpc) is 3.79. The van der Waals surface area contributed by atoms with Gasteiger partial charge in [-0.1, -0.05) is 78.0 Å². The molecule has 0 radical (unpaired) electrons. The molecule has 0 bridgehead atoms. The molecular formula is C45H60FN3O6S. The predicted octanol–water partition coefficient (Wildman–Crippen LogP) is 9.53. The molecule has 3 aliphatic rings. The van der Waals surface area contributed by atoms with E-state index in [2.05, 4.69) is 22.0 Å². The number of carbonyl (C=O) groups is 4. The van der Waals surface area contributed by atoms with E-state index in [0.717, 1.165) is 78.8 Å². The molecule has 1 saturated carbocycles. The van der Waals surface area contributed by atoms with Crippen LogP contribution in [0.3, 0.4) is 0 Å². The Hall–Kier alpha value is -4.09. The molecule has 3 aromatic rings. The molecule has 1 amide bonds. The van der Waals surface area contributed by atoms with E-state index in [1.165, 1.54) is 66.9 Å². The standard InChI is InChI=1S/C25H40N2O3.C20H20FNO3S/c1-7-8-9-10-11-12-14-27-15-13-19-17(2)20(16-21(28)29)18(3)22(23(19)27)26-24(30)25(4,5)6;1-12(23)25-18-10-14-11-22(9-8-17(14)26-18)19(20(24)13-6-7-13)15-4-2-3-5-16(15)21/h7-16H2,1-6H3,(H,26,30)(H,28,29);2-5,10,13,19H,6-9,11H2,1H3. The van der Waals surface area contributed by atoms with Crippen LogP contribution in [0.2, 0.25) is 0 Å². The lowest BCUT2D eigenvalue weighted by atomic mass is 9.90. The highest BCUT2D eigenvalue weighted by atomic mass is 32.1. The average molecular weight is 790 g/mol. The number of anilines is 2. The Morgan fingerprint density at radius 3 is 2.34 bits per heavy atom. The number of ketones is 1. The quantitative estimate of drug-likeness (QED) is 0.116. The molecular weight excluding hydrogens is 730 g/mol. The van der Waals surface area contributed by atoms with E-state index in [0.29, 0.717) is 23.7 Å². The number of rotatable bonds is 15. The maximum Gasteiger partial charge on any atom is 0.308 e. The number of hydrogen-bond donors (Lipinski definition) is 2. The minimum atomic E-state index is -0.837. The number of benzene rings is 2. The number of ether oxygens (including phenoxy) is 1. The largest absolute Gasteiger partial charge is 0.481 e. The van der Waals surface area contributed by atoms with Crippen molar-refractivity contribution in [1.29, 1.82) is 0 Å². The van der Waals surface area contributed by atoms with Gasteiger partial charge < -0.3 is 20.1 Å². The molecule has 2 aliphatic heterocycles. The highest BCUT2D eigenvalue weighted by Crippen LogP contribution is 2.44. The van der Waals surface area contributed by atoms with E-state index in [1.54, 1.807) is 18.2 Å². The summed E-state index contributed by atoms with van der Waals surface area (Å²) in [5.74, 6) is -1.37. The summed E-state index contributed by atoms with van der Waals surface area (Å²) in [7, 11) is 0. The van der Waals surface area contributed by atoms with Crippen molar-refractivity contribution in [2.45, 2.75) is 132 Å². The summed E-state index contributed by atoms with van der Waals surface area (Å²) in [6.07, 6.45) is 11.0. The second kappa shape index (κ2) is 18.9. The zero-order valence-corrected chi connectivity index (χ0v) is 35.1. The lowest BCUT2D eigenvalue weighted by Gasteiger charge is -2.34. The Bertz CT molecular complexity index is 1910. The molecule has 1 aliphatic carbocycles. The van der Waals surface area contributed by atoms with Crippen LogP contribution < -0.4 is 15.0 Å². The fourth-order valence-corrected chi connectivity index (χ4v) is 8.92. The van der Waals surface area contributed by atoms with Crippen LogP contribution in [0, 0.1) is 31.0 Å². The fraction of sp³-hybridized carbons (Fsp3) is 0.556. The number of Topliss-reactive ketones (excluding diaryl/α,β-unsaturated/α-hetero) is 1. The van der Waals surface area contributed by atoms with Crippen molar-refractivity contribution in [3.05, 3.63) is 74.4 Å². The second-order valence-electron chi connectivity index (χ2n) is 16.6. The van der Waals surface area contributed by atoms with E-state index < -0.39 is 17.4 Å². The molecule has 0 saturated heterocycles. The molecule has 11 heteroatoms. The third-order valence-corrected chi connectivity index (χ3v) is 12.3. The number of esters is 1. The zero-order valence-electron chi connectivity index (χ0n) is 34.3. The fourth-order valence-electron chi connectivity index (χ4n) is 7.87. The van der Waals surface area contributed by atoms with Crippen LogP contribution in [-0.4, -0.2) is 53.3 Å². The highest BCUT2D eigenvalue weighted by molar-refractivity contribution is 7.14. The van der Waals surface area contributed by atoms with Gasteiger partial charge in [-0.05, 0) is 85.9 Å². The summed E-state index contributed by atoms with van der Waals surface area (Å²) >= 11 is 1.47. The molecule has 1 aromatic heterocycles. The number of aliphatic carboxylic acids is 1. The van der Waals surface area contributed by atoms with Gasteiger partial charge in [-0.25, -0.2) is 4.39 Å². The van der Waals surface area contributed by atoms with Crippen LogP contribution in [0.1, 0.15) is 130 Å². The Labute approximate surface area is 336 Å². The molecule has 2 N–H and O–H groups in total. The SMILES string of the molecule is CC(=O)Oc1cc2c(s1)CCN(C(C(=O)C1CC1)c1ccccc1F)C2.CCCCCCCCN1CCc2c(C)c(CC(=O)O)c(C)c(NC(=O)C(C)(C)C)c21. The Kier molecular flexibility index (Phi) is 14.5. The van der Waals surface area contributed by atoms with Gasteiger partial charge in [-0.15, -0.1) is 11.3 Å². The van der Waals surface area contributed by atoms with E-state index >= 15 is 0 Å². The smallest absolute Gasteiger partial charge is 0.308 e. The number of unbranched alkanes of at least 4 members (excludes halogenated alkanes) is 5. The zero-order chi connectivity index (χ0) is 40.7. The molecule has 2 aromatic carbocycles. The number of nitrogens with zero attached hydrogens (tertiary/aromatic N) is 2. The molecule has 6 rings (SSSR count). The van der Waals surface area contributed by atoms with Crippen LogP contribution in [-0.2, 0) is 45.0 Å². The van der Waals surface area contributed by atoms with Crippen molar-refractivity contribution in [3.63, 3.8) is 0 Å². The number of carbonyl (C=O) groups excluding carboxylic acids is 3. The monoisotopic (exact) mass is 789 g/mol. The maximum absolute atomic E-state index is 14.4. The van der Waals surface area contributed by atoms with Gasteiger partial charge in [0.05, 0.1) is 23.8 Å². The van der Waals surface area contributed by atoms with Crippen molar-refractivity contribution >= 4 is 46.3 Å². The molecule has 1 fully saturated rings. The normalized spacial score (nSPS) is 15.7. The summed E-state index contributed by atoms with van der Waals surface area (Å²) < 4.78 is 19.6. The van der Waals surface area contributed by atoms with Crippen molar-refractivity contribution in [2.24, 2.45) is 11.3 Å². The van der Waals surface area contributed by atoms with Gasteiger partial charge >= 0.3 is 11.9 Å². The predicted molar refractivity (Wildman–Crippen MR) is 221 cm³/mol. The van der Waals surface area contributed by atoms with Crippen LogP contribution in [0.5, 0.6) is 5.06 Å². The molecule has 0 spiro atoms. The van der Waals surface area contributed by atoms with Crippen LogP contribution >= 0.6 is 11.3 Å². The van der Waals surface area contributed by atoms with E-state index in [1.807, 2.05) is 40.7 Å². The third-order valence-electron chi connectivity index (χ3n) is 11.2. The highest BCUT2D eigenvalue weighted by Gasteiger charge is 2.40. The Morgan fingerprint density at radius 2 is 1.70 bits per heavy atom. The van der Waals surface area contributed by atoms with E-state index in [9.17, 15) is 28.7 Å². The minimum absolute atomic E-state index is 0.0131. The molecule has 3 heterocycles. The number of fused-ring (bicyclic) bond motifs is 2. The summed E-state index contributed by atoms with van der Waals surface area (Å²) in [6, 6.07) is 7.89. The Morgan fingerprint density at radius 1 is 1.00 bits per heavy atom. The number of thiophene rings is 1. The van der Waals surface area contributed by atoms with E-state index in [4.69, 9.17) is 4.74 Å². The van der Waals surface area contributed by atoms with Crippen LogP contribution in [0.15, 0.2) is 30.3 Å². The van der Waals surface area contributed by atoms with Crippen LogP contribution in [0.25, 0.3) is 0 Å². The van der Waals surface area contributed by atoms with Crippen molar-refractivity contribution < 1.29 is 33.4 Å². The second-order valence-corrected chi connectivity index (χ2v) is 17.7.